The monoisotopic (exact) mass is 156 g/mol. The van der Waals surface area contributed by atoms with Crippen molar-refractivity contribution in [1.82, 2.24) is 0 Å². The Labute approximate surface area is 67.9 Å². The van der Waals surface area contributed by atoms with Gasteiger partial charge in [0.2, 0.25) is 0 Å². The van der Waals surface area contributed by atoms with E-state index in [1.54, 1.807) is 0 Å². The molecule has 0 aromatic carbocycles. The van der Waals surface area contributed by atoms with Crippen LogP contribution >= 0.6 is 0 Å². The molecule has 1 saturated carbocycles. The van der Waals surface area contributed by atoms with Gasteiger partial charge in [-0.05, 0) is 12.8 Å². The standard InChI is InChI=1S/C9H16O2/c1-2-4-8-6-10-7-11-9(8)5-3-1/h8-9H,1-7H2/t8-,9+/m0/s1. The molecule has 64 valence electrons. The van der Waals surface area contributed by atoms with Gasteiger partial charge in [-0.25, -0.2) is 0 Å². The summed E-state index contributed by atoms with van der Waals surface area (Å²) in [6, 6.07) is 0. The Balaban J connectivity index is 1.93. The van der Waals surface area contributed by atoms with Gasteiger partial charge in [-0.1, -0.05) is 19.3 Å². The third-order valence-corrected chi connectivity index (χ3v) is 2.79. The Kier molecular flexibility index (Phi) is 2.44. The lowest BCUT2D eigenvalue weighted by atomic mass is 9.98. The molecule has 1 aliphatic heterocycles. The average molecular weight is 156 g/mol. The van der Waals surface area contributed by atoms with Gasteiger partial charge in [-0.3, -0.25) is 0 Å². The van der Waals surface area contributed by atoms with Crippen LogP contribution in [0.1, 0.15) is 32.1 Å². The zero-order valence-corrected chi connectivity index (χ0v) is 6.92. The fourth-order valence-electron chi connectivity index (χ4n) is 2.10. The van der Waals surface area contributed by atoms with Gasteiger partial charge < -0.3 is 9.47 Å². The van der Waals surface area contributed by atoms with Crippen molar-refractivity contribution in [3.63, 3.8) is 0 Å². The van der Waals surface area contributed by atoms with Gasteiger partial charge in [-0.2, -0.15) is 0 Å². The molecule has 0 spiro atoms. The van der Waals surface area contributed by atoms with E-state index in [1.165, 1.54) is 32.1 Å². The van der Waals surface area contributed by atoms with Gasteiger partial charge in [0.15, 0.2) is 0 Å². The van der Waals surface area contributed by atoms with Crippen LogP contribution in [0.4, 0.5) is 0 Å². The second kappa shape index (κ2) is 3.55. The average Bonchev–Trinajstić information content (AvgIpc) is 2.28. The summed E-state index contributed by atoms with van der Waals surface area (Å²) in [6.45, 7) is 1.46. The highest BCUT2D eigenvalue weighted by Crippen LogP contribution is 2.28. The molecule has 2 fully saturated rings. The van der Waals surface area contributed by atoms with E-state index in [-0.39, 0.29) is 0 Å². The highest BCUT2D eigenvalue weighted by atomic mass is 16.7. The highest BCUT2D eigenvalue weighted by Gasteiger charge is 2.27. The fraction of sp³-hybridized carbons (Fsp3) is 1.00. The maximum absolute atomic E-state index is 5.54. The number of rotatable bonds is 0. The zero-order chi connectivity index (χ0) is 7.52. The van der Waals surface area contributed by atoms with E-state index in [1.807, 2.05) is 0 Å². The third-order valence-electron chi connectivity index (χ3n) is 2.79. The van der Waals surface area contributed by atoms with Crippen LogP contribution in [-0.4, -0.2) is 19.5 Å². The van der Waals surface area contributed by atoms with Crippen LogP contribution in [0.3, 0.4) is 0 Å². The molecular weight excluding hydrogens is 140 g/mol. The second-order valence-electron chi connectivity index (χ2n) is 3.59. The summed E-state index contributed by atoms with van der Waals surface area (Å²) >= 11 is 0. The first kappa shape index (κ1) is 7.56. The van der Waals surface area contributed by atoms with Crippen LogP contribution in [0.2, 0.25) is 0 Å². The molecule has 11 heavy (non-hydrogen) atoms. The molecule has 2 nitrogen and oxygen atoms in total. The molecule has 0 bridgehead atoms. The molecule has 2 aliphatic rings. The van der Waals surface area contributed by atoms with Gasteiger partial charge in [0, 0.05) is 5.92 Å². The first-order valence-corrected chi connectivity index (χ1v) is 4.66. The molecule has 0 unspecified atom stereocenters. The van der Waals surface area contributed by atoms with E-state index in [0.717, 1.165) is 6.61 Å². The van der Waals surface area contributed by atoms with Crippen molar-refractivity contribution in [2.75, 3.05) is 13.4 Å². The van der Waals surface area contributed by atoms with Crippen molar-refractivity contribution in [2.45, 2.75) is 38.2 Å². The number of hydrogen-bond donors (Lipinski definition) is 0. The Hall–Kier alpha value is -0.0800. The molecular formula is C9H16O2. The predicted octanol–water partition coefficient (Wildman–Crippen LogP) is 1.94. The summed E-state index contributed by atoms with van der Waals surface area (Å²) < 4.78 is 10.8. The first-order valence-electron chi connectivity index (χ1n) is 4.66. The van der Waals surface area contributed by atoms with Crippen LogP contribution in [0.15, 0.2) is 0 Å². The molecule has 2 heteroatoms. The Morgan fingerprint density at radius 1 is 1.00 bits per heavy atom. The SMILES string of the molecule is C1CC[C@H]2COCO[C@@H]2CC1. The van der Waals surface area contributed by atoms with E-state index >= 15 is 0 Å². The molecule has 1 saturated heterocycles. The van der Waals surface area contributed by atoms with Gasteiger partial charge in [-0.15, -0.1) is 0 Å². The predicted molar refractivity (Wildman–Crippen MR) is 42.3 cm³/mol. The lowest BCUT2D eigenvalue weighted by Gasteiger charge is -2.29. The first-order chi connectivity index (χ1) is 5.47. The minimum Gasteiger partial charge on any atom is -0.355 e. The molecule has 0 aromatic heterocycles. The van der Waals surface area contributed by atoms with Gasteiger partial charge in [0.25, 0.3) is 0 Å². The van der Waals surface area contributed by atoms with Crippen LogP contribution in [0.25, 0.3) is 0 Å². The fourth-order valence-corrected chi connectivity index (χ4v) is 2.10. The van der Waals surface area contributed by atoms with E-state index in [4.69, 9.17) is 9.47 Å². The number of ether oxygens (including phenoxy) is 2. The van der Waals surface area contributed by atoms with Gasteiger partial charge in [0.1, 0.15) is 6.79 Å². The maximum Gasteiger partial charge on any atom is 0.147 e. The van der Waals surface area contributed by atoms with Crippen LogP contribution < -0.4 is 0 Å². The van der Waals surface area contributed by atoms with Crippen LogP contribution in [0, 0.1) is 5.92 Å². The maximum atomic E-state index is 5.54. The van der Waals surface area contributed by atoms with E-state index < -0.39 is 0 Å². The van der Waals surface area contributed by atoms with Crippen molar-refractivity contribution in [1.29, 1.82) is 0 Å². The quantitative estimate of drug-likeness (QED) is 0.533. The molecule has 1 heterocycles. The second-order valence-corrected chi connectivity index (χ2v) is 3.59. The lowest BCUT2D eigenvalue weighted by Crippen LogP contribution is -2.33. The molecule has 2 rings (SSSR count). The number of fused-ring (bicyclic) bond motifs is 1. The largest absolute Gasteiger partial charge is 0.355 e. The lowest BCUT2D eigenvalue weighted by molar-refractivity contribution is -0.170. The summed E-state index contributed by atoms with van der Waals surface area (Å²) in [5.41, 5.74) is 0. The molecule has 2 atom stereocenters. The topological polar surface area (TPSA) is 18.5 Å². The van der Waals surface area contributed by atoms with Crippen molar-refractivity contribution >= 4 is 0 Å². The smallest absolute Gasteiger partial charge is 0.147 e. The van der Waals surface area contributed by atoms with Crippen LogP contribution in [0.5, 0.6) is 0 Å². The molecule has 0 amide bonds. The summed E-state index contributed by atoms with van der Waals surface area (Å²) in [7, 11) is 0. The molecule has 0 N–H and O–H groups in total. The zero-order valence-electron chi connectivity index (χ0n) is 6.92. The van der Waals surface area contributed by atoms with E-state index in [0.29, 0.717) is 18.8 Å². The van der Waals surface area contributed by atoms with Crippen molar-refractivity contribution in [2.24, 2.45) is 5.92 Å². The van der Waals surface area contributed by atoms with E-state index in [2.05, 4.69) is 0 Å². The summed E-state index contributed by atoms with van der Waals surface area (Å²) in [5.74, 6) is 0.700. The van der Waals surface area contributed by atoms with Gasteiger partial charge >= 0.3 is 0 Å². The minimum atomic E-state index is 0.520. The number of hydrogen-bond acceptors (Lipinski definition) is 2. The van der Waals surface area contributed by atoms with Gasteiger partial charge in [0.05, 0.1) is 12.7 Å². The van der Waals surface area contributed by atoms with Crippen LogP contribution in [-0.2, 0) is 9.47 Å². The Bertz CT molecular complexity index is 111. The van der Waals surface area contributed by atoms with Crippen molar-refractivity contribution in [3.8, 4) is 0 Å². The van der Waals surface area contributed by atoms with E-state index in [9.17, 15) is 0 Å². The minimum absolute atomic E-state index is 0.520. The third kappa shape index (κ3) is 1.74. The van der Waals surface area contributed by atoms with Crippen molar-refractivity contribution in [3.05, 3.63) is 0 Å². The highest BCUT2D eigenvalue weighted by molar-refractivity contribution is 4.75. The van der Waals surface area contributed by atoms with Crippen molar-refractivity contribution < 1.29 is 9.47 Å². The Morgan fingerprint density at radius 2 is 1.91 bits per heavy atom. The normalized spacial score (nSPS) is 39.3. The molecule has 1 aliphatic carbocycles. The molecule has 0 radical (unpaired) electrons. The summed E-state index contributed by atoms with van der Waals surface area (Å²) in [5, 5.41) is 0. The Morgan fingerprint density at radius 3 is 2.91 bits per heavy atom. The molecule has 0 aromatic rings. The summed E-state index contributed by atoms with van der Waals surface area (Å²) in [6.07, 6.45) is 7.19. The summed E-state index contributed by atoms with van der Waals surface area (Å²) in [4.78, 5) is 0.